The van der Waals surface area contributed by atoms with Crippen LogP contribution in [0.3, 0.4) is 0 Å². The third kappa shape index (κ3) is 2.29. The molecule has 106 valence electrons. The quantitative estimate of drug-likeness (QED) is 0.868. The maximum Gasteiger partial charge on any atom is 0.335 e. The van der Waals surface area contributed by atoms with Crippen LogP contribution in [0.1, 0.15) is 16.8 Å². The van der Waals surface area contributed by atoms with Crippen molar-refractivity contribution >= 4 is 34.5 Å². The monoisotopic (exact) mass is 285 g/mol. The molecule has 0 atom stereocenters. The van der Waals surface area contributed by atoms with E-state index in [0.29, 0.717) is 16.6 Å². The van der Waals surface area contributed by atoms with Gasteiger partial charge in [-0.25, -0.2) is 9.59 Å². The minimum absolute atomic E-state index is 0.0425. The molecule has 1 aliphatic heterocycles. The Kier molecular flexibility index (Phi) is 3.02. The third-order valence-corrected chi connectivity index (χ3v) is 3.29. The number of anilines is 1. The number of carboxylic acid groups (broad SMARTS) is 1. The summed E-state index contributed by atoms with van der Waals surface area (Å²) in [6.45, 7) is 0.206. The van der Waals surface area contributed by atoms with E-state index in [2.05, 4.69) is 10.3 Å². The average molecular weight is 285 g/mol. The Morgan fingerprint density at radius 1 is 1.33 bits per heavy atom. The van der Waals surface area contributed by atoms with Crippen molar-refractivity contribution in [2.45, 2.75) is 6.42 Å². The second-order valence-electron chi connectivity index (χ2n) is 4.63. The largest absolute Gasteiger partial charge is 0.478 e. The van der Waals surface area contributed by atoms with Gasteiger partial charge in [0.15, 0.2) is 0 Å². The van der Waals surface area contributed by atoms with Crippen LogP contribution in [0.4, 0.5) is 10.5 Å². The van der Waals surface area contributed by atoms with Crippen LogP contribution in [0.5, 0.6) is 0 Å². The number of nitrogens with zero attached hydrogens (tertiary/aromatic N) is 2. The summed E-state index contributed by atoms with van der Waals surface area (Å²) >= 11 is 0. The molecule has 1 saturated heterocycles. The van der Waals surface area contributed by atoms with Crippen molar-refractivity contribution in [1.29, 1.82) is 0 Å². The van der Waals surface area contributed by atoms with Crippen molar-refractivity contribution in [2.75, 3.05) is 11.4 Å². The summed E-state index contributed by atoms with van der Waals surface area (Å²) in [5.41, 5.74) is 0.959. The van der Waals surface area contributed by atoms with Crippen molar-refractivity contribution < 1.29 is 19.5 Å². The Labute approximate surface area is 119 Å². The lowest BCUT2D eigenvalue weighted by molar-refractivity contribution is -0.120. The van der Waals surface area contributed by atoms with Crippen LogP contribution < -0.4 is 10.2 Å². The fraction of sp³-hybridized carbons (Fsp3) is 0.143. The molecule has 2 heterocycles. The van der Waals surface area contributed by atoms with Crippen molar-refractivity contribution in [3.63, 3.8) is 0 Å². The van der Waals surface area contributed by atoms with E-state index in [1.807, 2.05) is 0 Å². The molecule has 0 aliphatic carbocycles. The van der Waals surface area contributed by atoms with Crippen molar-refractivity contribution in [2.24, 2.45) is 0 Å². The minimum atomic E-state index is -1.10. The van der Waals surface area contributed by atoms with Crippen molar-refractivity contribution in [1.82, 2.24) is 10.3 Å². The molecule has 0 unspecified atom stereocenters. The highest BCUT2D eigenvalue weighted by Gasteiger charge is 2.26. The number of nitrogens with one attached hydrogen (secondary N) is 1. The number of imide groups is 1. The highest BCUT2D eigenvalue weighted by atomic mass is 16.4. The van der Waals surface area contributed by atoms with Gasteiger partial charge in [0, 0.05) is 24.5 Å². The summed E-state index contributed by atoms with van der Waals surface area (Å²) in [4.78, 5) is 39.9. The van der Waals surface area contributed by atoms with Crippen LogP contribution in [-0.2, 0) is 4.79 Å². The molecule has 1 aromatic heterocycles. The van der Waals surface area contributed by atoms with E-state index in [1.165, 1.54) is 17.0 Å². The van der Waals surface area contributed by atoms with E-state index in [9.17, 15) is 19.5 Å². The van der Waals surface area contributed by atoms with Gasteiger partial charge in [0.1, 0.15) is 0 Å². The number of aromatic nitrogens is 1. The van der Waals surface area contributed by atoms with Crippen molar-refractivity contribution in [3.8, 4) is 0 Å². The molecule has 21 heavy (non-hydrogen) atoms. The first-order chi connectivity index (χ1) is 10.1. The summed E-state index contributed by atoms with van der Waals surface area (Å²) in [6, 6.07) is 5.78. The molecule has 7 nitrogen and oxygen atoms in total. The fourth-order valence-corrected chi connectivity index (χ4v) is 2.30. The molecule has 1 aliphatic rings. The van der Waals surface area contributed by atoms with E-state index in [1.54, 1.807) is 18.3 Å². The van der Waals surface area contributed by atoms with Gasteiger partial charge in [-0.15, -0.1) is 0 Å². The van der Waals surface area contributed by atoms with Gasteiger partial charge in [0.25, 0.3) is 0 Å². The van der Waals surface area contributed by atoms with Crippen LogP contribution in [-0.4, -0.2) is 34.5 Å². The Hall–Kier alpha value is -2.96. The third-order valence-electron chi connectivity index (χ3n) is 3.29. The zero-order chi connectivity index (χ0) is 15.0. The molecule has 0 saturated carbocycles. The van der Waals surface area contributed by atoms with Gasteiger partial charge < -0.3 is 5.11 Å². The maximum absolute atomic E-state index is 12.0. The number of rotatable bonds is 2. The normalized spacial score (nSPS) is 15.1. The molecule has 0 spiro atoms. The van der Waals surface area contributed by atoms with Gasteiger partial charge in [0.05, 0.1) is 16.8 Å². The summed E-state index contributed by atoms with van der Waals surface area (Å²) < 4.78 is 0. The molecule has 0 radical (unpaired) electrons. The zero-order valence-electron chi connectivity index (χ0n) is 10.9. The number of carboxylic acids is 1. The van der Waals surface area contributed by atoms with Gasteiger partial charge in [0.2, 0.25) is 5.91 Å². The molecular weight excluding hydrogens is 274 g/mol. The number of hydrogen-bond acceptors (Lipinski definition) is 4. The Morgan fingerprint density at radius 2 is 2.14 bits per heavy atom. The number of fused-ring (bicyclic) bond motifs is 1. The number of carbonyl (C=O) groups excluding carboxylic acids is 2. The fourth-order valence-electron chi connectivity index (χ4n) is 2.30. The summed E-state index contributed by atoms with van der Waals surface area (Å²) in [6.07, 6.45) is 1.72. The van der Waals surface area contributed by atoms with Gasteiger partial charge in [-0.2, -0.15) is 0 Å². The minimum Gasteiger partial charge on any atom is -0.478 e. The van der Waals surface area contributed by atoms with Crippen LogP contribution in [0.2, 0.25) is 0 Å². The first-order valence-electron chi connectivity index (χ1n) is 6.29. The lowest BCUT2D eigenvalue weighted by Crippen LogP contribution is -2.49. The number of urea groups is 1. The summed E-state index contributed by atoms with van der Waals surface area (Å²) in [7, 11) is 0. The van der Waals surface area contributed by atoms with Crippen LogP contribution >= 0.6 is 0 Å². The molecule has 2 N–H and O–H groups in total. The predicted octanol–water partition coefficient (Wildman–Crippen LogP) is 1.38. The van der Waals surface area contributed by atoms with Gasteiger partial charge in [-0.3, -0.25) is 20.0 Å². The van der Waals surface area contributed by atoms with E-state index in [4.69, 9.17) is 0 Å². The van der Waals surface area contributed by atoms with Crippen molar-refractivity contribution in [3.05, 3.63) is 36.0 Å². The van der Waals surface area contributed by atoms with E-state index < -0.39 is 12.0 Å². The number of hydrogen-bond donors (Lipinski definition) is 2. The lowest BCUT2D eigenvalue weighted by Gasteiger charge is -2.27. The number of benzene rings is 1. The SMILES string of the molecule is O=C1CCN(c2cc(C(=O)O)cc3ncccc23)C(=O)N1. The van der Waals surface area contributed by atoms with Gasteiger partial charge in [-0.05, 0) is 24.3 Å². The number of aromatic carboxylic acids is 1. The number of pyridine rings is 1. The predicted molar refractivity (Wildman–Crippen MR) is 74.2 cm³/mol. The lowest BCUT2D eigenvalue weighted by atomic mass is 10.1. The topological polar surface area (TPSA) is 99.6 Å². The standard InChI is InChI=1S/C14H11N3O4/c18-12-3-5-17(14(21)16-12)11-7-8(13(19)20)6-10-9(11)2-1-4-15-10/h1-2,4,6-7H,3,5H2,(H,19,20)(H,16,18,21). The number of amides is 3. The Balaban J connectivity index is 2.18. The highest BCUT2D eigenvalue weighted by molar-refractivity contribution is 6.10. The van der Waals surface area contributed by atoms with Crippen LogP contribution in [0, 0.1) is 0 Å². The maximum atomic E-state index is 12.0. The molecular formula is C14H11N3O4. The Bertz CT molecular complexity index is 772. The molecule has 3 amide bonds. The van der Waals surface area contributed by atoms with E-state index >= 15 is 0 Å². The van der Waals surface area contributed by atoms with Crippen LogP contribution in [0.15, 0.2) is 30.5 Å². The highest BCUT2D eigenvalue weighted by Crippen LogP contribution is 2.28. The zero-order valence-corrected chi connectivity index (χ0v) is 10.9. The Morgan fingerprint density at radius 3 is 2.86 bits per heavy atom. The number of carbonyl (C=O) groups is 3. The molecule has 1 aromatic carbocycles. The molecule has 3 rings (SSSR count). The van der Waals surface area contributed by atoms with E-state index in [0.717, 1.165) is 0 Å². The molecule has 0 bridgehead atoms. The summed E-state index contributed by atoms with van der Waals surface area (Å²) in [5, 5.41) is 12.1. The molecule has 7 heteroatoms. The first-order valence-corrected chi connectivity index (χ1v) is 6.29. The summed E-state index contributed by atoms with van der Waals surface area (Å²) in [5.74, 6) is -1.44. The second kappa shape index (κ2) is 4.86. The van der Waals surface area contributed by atoms with E-state index in [-0.39, 0.29) is 24.4 Å². The average Bonchev–Trinajstić information content (AvgIpc) is 2.46. The van der Waals surface area contributed by atoms with Gasteiger partial charge >= 0.3 is 12.0 Å². The smallest absolute Gasteiger partial charge is 0.335 e. The second-order valence-corrected chi connectivity index (χ2v) is 4.63. The molecule has 1 fully saturated rings. The first kappa shape index (κ1) is 13.0. The molecule has 2 aromatic rings. The van der Waals surface area contributed by atoms with Crippen LogP contribution in [0.25, 0.3) is 10.9 Å². The van der Waals surface area contributed by atoms with Gasteiger partial charge in [-0.1, -0.05) is 0 Å².